The Kier molecular flexibility index (Phi) is 5.60. The van der Waals surface area contributed by atoms with Crippen LogP contribution in [0, 0.1) is 0 Å². The molecule has 0 spiro atoms. The average Bonchev–Trinajstić information content (AvgIpc) is 3.28. The van der Waals surface area contributed by atoms with Gasteiger partial charge in [0.15, 0.2) is 0 Å². The molecule has 2 aliphatic rings. The van der Waals surface area contributed by atoms with Crippen LogP contribution in [-0.4, -0.2) is 62.9 Å². The maximum atomic E-state index is 11.8. The van der Waals surface area contributed by atoms with Gasteiger partial charge in [-0.1, -0.05) is 0 Å². The highest BCUT2D eigenvalue weighted by Gasteiger charge is 2.32. The van der Waals surface area contributed by atoms with Crippen molar-refractivity contribution in [3.05, 3.63) is 0 Å². The molecule has 0 aromatic rings. The first-order chi connectivity index (χ1) is 9.24. The molecule has 5 nitrogen and oxygen atoms in total. The second kappa shape index (κ2) is 7.22. The summed E-state index contributed by atoms with van der Waals surface area (Å²) in [6.07, 6.45) is 5.75. The van der Waals surface area contributed by atoms with Crippen LogP contribution in [0.15, 0.2) is 0 Å². The number of esters is 1. The van der Waals surface area contributed by atoms with Crippen LogP contribution in [0.2, 0.25) is 0 Å². The van der Waals surface area contributed by atoms with Gasteiger partial charge in [0, 0.05) is 32.3 Å². The average molecular weight is 270 g/mol. The maximum absolute atomic E-state index is 11.8. The van der Waals surface area contributed by atoms with E-state index in [1.165, 1.54) is 32.8 Å². The van der Waals surface area contributed by atoms with Crippen molar-refractivity contribution in [2.24, 2.45) is 0 Å². The number of nitrogens with one attached hydrogen (secondary N) is 1. The lowest BCUT2D eigenvalue weighted by Gasteiger charge is -2.24. The molecule has 5 heteroatoms. The van der Waals surface area contributed by atoms with Crippen LogP contribution >= 0.6 is 0 Å². The van der Waals surface area contributed by atoms with Crippen LogP contribution < -0.4 is 5.32 Å². The van der Waals surface area contributed by atoms with Crippen LogP contribution in [0.25, 0.3) is 0 Å². The van der Waals surface area contributed by atoms with Crippen molar-refractivity contribution in [1.82, 2.24) is 10.2 Å². The number of hydrogen-bond donors (Lipinski definition) is 1. The minimum absolute atomic E-state index is 0.130. The molecule has 1 atom stereocenters. The van der Waals surface area contributed by atoms with E-state index in [9.17, 15) is 4.79 Å². The minimum Gasteiger partial charge on any atom is -0.468 e. The fourth-order valence-corrected chi connectivity index (χ4v) is 2.37. The van der Waals surface area contributed by atoms with E-state index in [0.717, 1.165) is 26.1 Å². The van der Waals surface area contributed by atoms with Crippen molar-refractivity contribution in [3.8, 4) is 0 Å². The van der Waals surface area contributed by atoms with Gasteiger partial charge in [-0.05, 0) is 32.1 Å². The van der Waals surface area contributed by atoms with E-state index in [1.54, 1.807) is 7.11 Å². The number of rotatable bonds is 10. The summed E-state index contributed by atoms with van der Waals surface area (Å²) in [4.78, 5) is 14.2. The molecule has 0 radical (unpaired) electrons. The van der Waals surface area contributed by atoms with E-state index >= 15 is 0 Å². The second-order valence-corrected chi connectivity index (χ2v) is 5.57. The Morgan fingerprint density at radius 3 is 2.53 bits per heavy atom. The molecule has 2 saturated carbocycles. The largest absolute Gasteiger partial charge is 0.468 e. The first kappa shape index (κ1) is 14.8. The van der Waals surface area contributed by atoms with Gasteiger partial charge in [0.05, 0.1) is 13.7 Å². The molecule has 1 unspecified atom stereocenters. The highest BCUT2D eigenvalue weighted by molar-refractivity contribution is 5.75. The van der Waals surface area contributed by atoms with Crippen molar-refractivity contribution in [3.63, 3.8) is 0 Å². The SMILES string of the molecule is COCCN(CCC(NC1CC1)C(=O)OC)C1CC1. The Morgan fingerprint density at radius 1 is 1.26 bits per heavy atom. The molecule has 110 valence electrons. The Morgan fingerprint density at radius 2 is 2.00 bits per heavy atom. The molecule has 0 amide bonds. The molecular formula is C14H26N2O3. The first-order valence-corrected chi connectivity index (χ1v) is 7.31. The highest BCUT2D eigenvalue weighted by atomic mass is 16.5. The zero-order valence-corrected chi connectivity index (χ0v) is 12.1. The van der Waals surface area contributed by atoms with Crippen LogP contribution in [0.1, 0.15) is 32.1 Å². The molecule has 0 bridgehead atoms. The lowest BCUT2D eigenvalue weighted by Crippen LogP contribution is -2.42. The topological polar surface area (TPSA) is 50.8 Å². The van der Waals surface area contributed by atoms with E-state index in [1.807, 2.05) is 0 Å². The van der Waals surface area contributed by atoms with Crippen molar-refractivity contribution in [2.75, 3.05) is 33.9 Å². The minimum atomic E-state index is -0.152. The van der Waals surface area contributed by atoms with Gasteiger partial charge in [0.25, 0.3) is 0 Å². The van der Waals surface area contributed by atoms with Gasteiger partial charge in [-0.3, -0.25) is 9.69 Å². The van der Waals surface area contributed by atoms with E-state index in [0.29, 0.717) is 12.1 Å². The fourth-order valence-electron chi connectivity index (χ4n) is 2.37. The summed E-state index contributed by atoms with van der Waals surface area (Å²) >= 11 is 0. The summed E-state index contributed by atoms with van der Waals surface area (Å²) in [6, 6.07) is 1.08. The lowest BCUT2D eigenvalue weighted by molar-refractivity contribution is -0.143. The third-order valence-electron chi connectivity index (χ3n) is 3.85. The molecule has 0 aromatic heterocycles. The first-order valence-electron chi connectivity index (χ1n) is 7.31. The zero-order chi connectivity index (χ0) is 13.7. The van der Waals surface area contributed by atoms with Crippen molar-refractivity contribution in [1.29, 1.82) is 0 Å². The normalized spacial score (nSPS) is 20.6. The Balaban J connectivity index is 1.76. The van der Waals surface area contributed by atoms with Crippen molar-refractivity contribution >= 4 is 5.97 Å². The third kappa shape index (κ3) is 5.09. The number of hydrogen-bond acceptors (Lipinski definition) is 5. The molecule has 2 fully saturated rings. The standard InChI is InChI=1S/C14H26N2O3/c1-18-10-9-16(12-5-6-12)8-7-13(14(17)19-2)15-11-3-4-11/h11-13,15H,3-10H2,1-2H3. The van der Waals surface area contributed by atoms with E-state index in [2.05, 4.69) is 10.2 Å². The molecule has 1 N–H and O–H groups in total. The summed E-state index contributed by atoms with van der Waals surface area (Å²) in [5.41, 5.74) is 0. The molecule has 0 aromatic carbocycles. The predicted molar refractivity (Wildman–Crippen MR) is 73.0 cm³/mol. The number of carbonyl (C=O) groups excluding carboxylic acids is 1. The van der Waals surface area contributed by atoms with E-state index in [4.69, 9.17) is 9.47 Å². The van der Waals surface area contributed by atoms with Crippen LogP contribution in [0.4, 0.5) is 0 Å². The van der Waals surface area contributed by atoms with Gasteiger partial charge in [0.2, 0.25) is 0 Å². The maximum Gasteiger partial charge on any atom is 0.322 e. The zero-order valence-electron chi connectivity index (χ0n) is 12.1. The highest BCUT2D eigenvalue weighted by Crippen LogP contribution is 2.27. The molecule has 0 aliphatic heterocycles. The number of carbonyl (C=O) groups is 1. The summed E-state index contributed by atoms with van der Waals surface area (Å²) in [6.45, 7) is 2.65. The fraction of sp³-hybridized carbons (Fsp3) is 0.929. The molecule has 2 aliphatic carbocycles. The number of ether oxygens (including phenoxy) is 2. The number of nitrogens with zero attached hydrogens (tertiary/aromatic N) is 1. The monoisotopic (exact) mass is 270 g/mol. The van der Waals surface area contributed by atoms with Crippen molar-refractivity contribution < 1.29 is 14.3 Å². The summed E-state index contributed by atoms with van der Waals surface area (Å²) in [5.74, 6) is -0.130. The molecule has 0 saturated heterocycles. The Hall–Kier alpha value is -0.650. The third-order valence-corrected chi connectivity index (χ3v) is 3.85. The molecule has 19 heavy (non-hydrogen) atoms. The van der Waals surface area contributed by atoms with Gasteiger partial charge in [0.1, 0.15) is 6.04 Å². The summed E-state index contributed by atoms with van der Waals surface area (Å²) < 4.78 is 10.0. The molecule has 2 rings (SSSR count). The van der Waals surface area contributed by atoms with Gasteiger partial charge >= 0.3 is 5.97 Å². The summed E-state index contributed by atoms with van der Waals surface area (Å²) in [5, 5.41) is 3.38. The van der Waals surface area contributed by atoms with Gasteiger partial charge < -0.3 is 14.8 Å². The van der Waals surface area contributed by atoms with Crippen LogP contribution in [-0.2, 0) is 14.3 Å². The van der Waals surface area contributed by atoms with Crippen LogP contribution in [0.3, 0.4) is 0 Å². The van der Waals surface area contributed by atoms with E-state index in [-0.39, 0.29) is 12.0 Å². The Bertz CT molecular complexity index is 290. The quantitative estimate of drug-likeness (QED) is 0.595. The lowest BCUT2D eigenvalue weighted by atomic mass is 10.2. The van der Waals surface area contributed by atoms with Crippen LogP contribution in [0.5, 0.6) is 0 Å². The van der Waals surface area contributed by atoms with Gasteiger partial charge in [-0.15, -0.1) is 0 Å². The van der Waals surface area contributed by atoms with Gasteiger partial charge in [-0.2, -0.15) is 0 Å². The second-order valence-electron chi connectivity index (χ2n) is 5.57. The summed E-state index contributed by atoms with van der Waals surface area (Å²) in [7, 11) is 3.20. The van der Waals surface area contributed by atoms with Crippen molar-refractivity contribution in [2.45, 2.75) is 50.2 Å². The van der Waals surface area contributed by atoms with E-state index < -0.39 is 0 Å². The smallest absolute Gasteiger partial charge is 0.322 e. The number of methoxy groups -OCH3 is 2. The Labute approximate surface area is 115 Å². The predicted octanol–water partition coefficient (Wildman–Crippen LogP) is 0.781. The van der Waals surface area contributed by atoms with Gasteiger partial charge in [-0.25, -0.2) is 0 Å². The molecule has 0 heterocycles. The molecular weight excluding hydrogens is 244 g/mol.